The molecular weight excluding hydrogens is 290 g/mol. The van der Waals surface area contributed by atoms with Gasteiger partial charge in [0.15, 0.2) is 0 Å². The zero-order valence-electron chi connectivity index (χ0n) is 12.0. The van der Waals surface area contributed by atoms with E-state index in [0.29, 0.717) is 17.9 Å². The monoisotopic (exact) mass is 308 g/mol. The summed E-state index contributed by atoms with van der Waals surface area (Å²) < 4.78 is 26.5. The van der Waals surface area contributed by atoms with Crippen molar-refractivity contribution in [1.29, 1.82) is 0 Å². The fourth-order valence-electron chi connectivity index (χ4n) is 2.42. The number of aromatic nitrogens is 1. The predicted octanol–water partition coefficient (Wildman–Crippen LogP) is 4.00. The highest BCUT2D eigenvalue weighted by atomic mass is 32.1. The van der Waals surface area contributed by atoms with E-state index in [1.54, 1.807) is 11.3 Å². The standard InChI is InChI=1S/C16H18F2N2S/c1-2-19-9-14-16(11-3-4-11)20-15(21-14)7-10-5-12(17)8-13(18)6-10/h5-6,8,11,19H,2-4,7,9H2,1H3. The summed E-state index contributed by atoms with van der Waals surface area (Å²) in [4.78, 5) is 5.98. The molecule has 1 saturated carbocycles. The van der Waals surface area contributed by atoms with Gasteiger partial charge in [0, 0.05) is 29.8 Å². The van der Waals surface area contributed by atoms with Gasteiger partial charge in [0.05, 0.1) is 10.7 Å². The summed E-state index contributed by atoms with van der Waals surface area (Å²) in [6.07, 6.45) is 2.90. The van der Waals surface area contributed by atoms with E-state index in [-0.39, 0.29) is 0 Å². The van der Waals surface area contributed by atoms with E-state index >= 15 is 0 Å². The zero-order chi connectivity index (χ0) is 14.8. The Morgan fingerprint density at radius 1 is 1.24 bits per heavy atom. The average molecular weight is 308 g/mol. The molecule has 1 N–H and O–H groups in total. The van der Waals surface area contributed by atoms with Crippen LogP contribution in [0.5, 0.6) is 0 Å². The minimum Gasteiger partial charge on any atom is -0.312 e. The molecule has 1 aliphatic carbocycles. The summed E-state index contributed by atoms with van der Waals surface area (Å²) in [5.41, 5.74) is 1.83. The normalized spacial score (nSPS) is 14.6. The largest absolute Gasteiger partial charge is 0.312 e. The molecule has 1 aromatic carbocycles. The lowest BCUT2D eigenvalue weighted by Gasteiger charge is -2.00. The van der Waals surface area contributed by atoms with E-state index in [4.69, 9.17) is 4.98 Å². The number of thiazole rings is 1. The molecule has 0 amide bonds. The fraction of sp³-hybridized carbons (Fsp3) is 0.438. The molecule has 1 heterocycles. The Hall–Kier alpha value is -1.33. The van der Waals surface area contributed by atoms with Crippen molar-refractivity contribution in [2.45, 2.75) is 38.6 Å². The van der Waals surface area contributed by atoms with Crippen LogP contribution < -0.4 is 5.32 Å². The molecule has 21 heavy (non-hydrogen) atoms. The molecule has 112 valence electrons. The number of halogens is 2. The van der Waals surface area contributed by atoms with Gasteiger partial charge < -0.3 is 5.32 Å². The predicted molar refractivity (Wildman–Crippen MR) is 80.6 cm³/mol. The highest BCUT2D eigenvalue weighted by Gasteiger charge is 2.29. The third-order valence-electron chi connectivity index (χ3n) is 3.55. The molecule has 0 unspecified atom stereocenters. The molecule has 0 radical (unpaired) electrons. The van der Waals surface area contributed by atoms with E-state index in [1.807, 2.05) is 0 Å². The van der Waals surface area contributed by atoms with Gasteiger partial charge in [-0.05, 0) is 37.1 Å². The molecule has 0 bridgehead atoms. The van der Waals surface area contributed by atoms with Gasteiger partial charge in [0.1, 0.15) is 11.6 Å². The van der Waals surface area contributed by atoms with Crippen molar-refractivity contribution in [1.82, 2.24) is 10.3 Å². The third kappa shape index (κ3) is 3.66. The second kappa shape index (κ2) is 6.20. The Balaban J connectivity index is 1.81. The first kappa shape index (κ1) is 14.6. The van der Waals surface area contributed by atoms with Crippen molar-refractivity contribution < 1.29 is 8.78 Å². The molecule has 1 fully saturated rings. The number of nitrogens with zero attached hydrogens (tertiary/aromatic N) is 1. The molecule has 1 aromatic heterocycles. The Labute approximate surface area is 127 Å². The van der Waals surface area contributed by atoms with Crippen LogP contribution >= 0.6 is 11.3 Å². The lowest BCUT2D eigenvalue weighted by molar-refractivity contribution is 0.580. The van der Waals surface area contributed by atoms with Crippen LogP contribution in [0.1, 0.15) is 46.8 Å². The van der Waals surface area contributed by atoms with Crippen LogP contribution in [0.15, 0.2) is 18.2 Å². The fourth-order valence-corrected chi connectivity index (χ4v) is 3.58. The smallest absolute Gasteiger partial charge is 0.126 e. The maximum absolute atomic E-state index is 13.3. The first-order valence-electron chi connectivity index (χ1n) is 7.30. The average Bonchev–Trinajstić information content (AvgIpc) is 3.18. The van der Waals surface area contributed by atoms with E-state index in [2.05, 4.69) is 12.2 Å². The number of benzene rings is 1. The molecule has 0 atom stereocenters. The summed E-state index contributed by atoms with van der Waals surface area (Å²) in [5, 5.41) is 4.27. The molecule has 0 spiro atoms. The summed E-state index contributed by atoms with van der Waals surface area (Å²) in [7, 11) is 0. The Bertz CT molecular complexity index is 615. The quantitative estimate of drug-likeness (QED) is 0.872. The Kier molecular flexibility index (Phi) is 4.31. The van der Waals surface area contributed by atoms with Gasteiger partial charge in [-0.2, -0.15) is 0 Å². The topological polar surface area (TPSA) is 24.9 Å². The Morgan fingerprint density at radius 2 is 1.95 bits per heavy atom. The van der Waals surface area contributed by atoms with Gasteiger partial charge in [0.25, 0.3) is 0 Å². The second-order valence-corrected chi connectivity index (χ2v) is 6.59. The van der Waals surface area contributed by atoms with Gasteiger partial charge >= 0.3 is 0 Å². The van der Waals surface area contributed by atoms with Gasteiger partial charge in [-0.3, -0.25) is 0 Å². The van der Waals surface area contributed by atoms with E-state index in [1.165, 1.54) is 35.5 Å². The van der Waals surface area contributed by atoms with Crippen LogP contribution in [0.4, 0.5) is 8.78 Å². The number of nitrogens with one attached hydrogen (secondary N) is 1. The minimum atomic E-state index is -0.531. The van der Waals surface area contributed by atoms with E-state index < -0.39 is 11.6 Å². The summed E-state index contributed by atoms with van der Waals surface area (Å²) in [6, 6.07) is 3.66. The maximum atomic E-state index is 13.3. The van der Waals surface area contributed by atoms with Crippen molar-refractivity contribution in [2.24, 2.45) is 0 Å². The molecular formula is C16H18F2N2S. The lowest BCUT2D eigenvalue weighted by Crippen LogP contribution is -2.11. The molecule has 5 heteroatoms. The van der Waals surface area contributed by atoms with Crippen LogP contribution in [0.25, 0.3) is 0 Å². The van der Waals surface area contributed by atoms with Crippen molar-refractivity contribution in [3.63, 3.8) is 0 Å². The second-order valence-electron chi connectivity index (χ2n) is 5.43. The Morgan fingerprint density at radius 3 is 2.57 bits per heavy atom. The zero-order valence-corrected chi connectivity index (χ0v) is 12.8. The lowest BCUT2D eigenvalue weighted by atomic mass is 10.1. The molecule has 1 aliphatic rings. The van der Waals surface area contributed by atoms with Crippen LogP contribution in [-0.2, 0) is 13.0 Å². The first-order valence-corrected chi connectivity index (χ1v) is 8.11. The number of hydrogen-bond donors (Lipinski definition) is 1. The van der Waals surface area contributed by atoms with Gasteiger partial charge in [-0.25, -0.2) is 13.8 Å². The van der Waals surface area contributed by atoms with Crippen molar-refractivity contribution >= 4 is 11.3 Å². The van der Waals surface area contributed by atoms with Crippen LogP contribution in [-0.4, -0.2) is 11.5 Å². The van der Waals surface area contributed by atoms with Gasteiger partial charge in [-0.15, -0.1) is 11.3 Å². The van der Waals surface area contributed by atoms with Crippen molar-refractivity contribution in [2.75, 3.05) is 6.54 Å². The van der Waals surface area contributed by atoms with Crippen LogP contribution in [0.3, 0.4) is 0 Å². The highest BCUT2D eigenvalue weighted by Crippen LogP contribution is 2.42. The van der Waals surface area contributed by atoms with Crippen molar-refractivity contribution in [3.8, 4) is 0 Å². The van der Waals surface area contributed by atoms with E-state index in [0.717, 1.165) is 24.2 Å². The maximum Gasteiger partial charge on any atom is 0.126 e. The van der Waals surface area contributed by atoms with Crippen molar-refractivity contribution in [3.05, 3.63) is 51.0 Å². The summed E-state index contributed by atoms with van der Waals surface area (Å²) in [6.45, 7) is 3.83. The van der Waals surface area contributed by atoms with Gasteiger partial charge in [-0.1, -0.05) is 6.92 Å². The van der Waals surface area contributed by atoms with Crippen LogP contribution in [0.2, 0.25) is 0 Å². The number of hydrogen-bond acceptors (Lipinski definition) is 3. The molecule has 2 aromatic rings. The first-order chi connectivity index (χ1) is 10.2. The third-order valence-corrected chi connectivity index (χ3v) is 4.62. The number of rotatable bonds is 6. The molecule has 3 rings (SSSR count). The molecule has 0 aliphatic heterocycles. The SMILES string of the molecule is CCNCc1sc(Cc2cc(F)cc(F)c2)nc1C1CC1. The summed E-state index contributed by atoms with van der Waals surface area (Å²) >= 11 is 1.66. The van der Waals surface area contributed by atoms with Gasteiger partial charge in [0.2, 0.25) is 0 Å². The molecule has 0 saturated heterocycles. The molecule has 2 nitrogen and oxygen atoms in total. The highest BCUT2D eigenvalue weighted by molar-refractivity contribution is 7.11. The summed E-state index contributed by atoms with van der Waals surface area (Å²) in [5.74, 6) is -0.471. The van der Waals surface area contributed by atoms with E-state index in [9.17, 15) is 8.78 Å². The minimum absolute atomic E-state index is 0.491. The van der Waals surface area contributed by atoms with Crippen LogP contribution in [0, 0.1) is 11.6 Å².